The Morgan fingerprint density at radius 2 is 1.60 bits per heavy atom. The van der Waals surface area contributed by atoms with E-state index in [-0.39, 0.29) is 12.3 Å². The number of piperazine rings is 1. The van der Waals surface area contributed by atoms with E-state index in [9.17, 15) is 22.8 Å². The molecule has 1 aliphatic rings. The second-order valence-corrected chi connectivity index (χ2v) is 9.38. The normalized spacial score (nSPS) is 13.4. The molecule has 2 heterocycles. The first-order valence-electron chi connectivity index (χ1n) is 12.9. The maximum absolute atomic E-state index is 14.1. The van der Waals surface area contributed by atoms with Crippen LogP contribution < -0.4 is 4.90 Å². The number of carbonyl (C=O) groups is 2. The topological polar surface area (TPSA) is 67.7 Å². The lowest BCUT2D eigenvalue weighted by Crippen LogP contribution is -2.49. The van der Waals surface area contributed by atoms with Gasteiger partial charge in [-0.05, 0) is 55.8 Å². The number of nitrogens with zero attached hydrogens (tertiary/aromatic N) is 4. The van der Waals surface area contributed by atoms with Crippen LogP contribution in [-0.2, 0) is 4.74 Å². The van der Waals surface area contributed by atoms with Crippen LogP contribution in [0.5, 0.6) is 0 Å². The summed E-state index contributed by atoms with van der Waals surface area (Å²) in [6.07, 6.45) is 0. The molecule has 0 unspecified atom stereocenters. The maximum atomic E-state index is 14.1. The number of aryl methyl sites for hydroxylation is 1. The molecule has 1 aromatic heterocycles. The van der Waals surface area contributed by atoms with Crippen molar-refractivity contribution < 1.29 is 27.5 Å². The summed E-state index contributed by atoms with van der Waals surface area (Å²) in [6, 6.07) is 18.9. The molecule has 1 fully saturated rings. The number of amides is 1. The zero-order chi connectivity index (χ0) is 28.4. The number of aromatic nitrogens is 2. The first-order valence-corrected chi connectivity index (χ1v) is 12.9. The van der Waals surface area contributed by atoms with Crippen LogP contribution >= 0.6 is 0 Å². The number of hydrogen-bond donors (Lipinski definition) is 0. The molecule has 40 heavy (non-hydrogen) atoms. The summed E-state index contributed by atoms with van der Waals surface area (Å²) in [5, 5.41) is 4.54. The highest BCUT2D eigenvalue weighted by molar-refractivity contribution is 5.94. The Morgan fingerprint density at radius 1 is 0.900 bits per heavy atom. The third-order valence-corrected chi connectivity index (χ3v) is 6.90. The van der Waals surface area contributed by atoms with Crippen LogP contribution in [0, 0.1) is 24.4 Å². The molecule has 4 aromatic rings. The fraction of sp³-hybridized carbons (Fsp3) is 0.233. The Morgan fingerprint density at radius 3 is 2.27 bits per heavy atom. The molecule has 0 N–H and O–H groups in total. The predicted molar refractivity (Wildman–Crippen MR) is 144 cm³/mol. The minimum Gasteiger partial charge on any atom is -0.461 e. The van der Waals surface area contributed by atoms with Gasteiger partial charge < -0.3 is 14.5 Å². The van der Waals surface area contributed by atoms with Crippen LogP contribution in [-0.4, -0.2) is 59.3 Å². The monoisotopic (exact) mass is 548 g/mol. The quantitative estimate of drug-likeness (QED) is 0.238. The van der Waals surface area contributed by atoms with Gasteiger partial charge in [0.15, 0.2) is 23.1 Å². The molecule has 3 aromatic carbocycles. The lowest BCUT2D eigenvalue weighted by Gasteiger charge is -2.36. The third-order valence-electron chi connectivity index (χ3n) is 6.90. The van der Waals surface area contributed by atoms with Crippen molar-refractivity contribution in [1.82, 2.24) is 14.7 Å². The largest absolute Gasteiger partial charge is 0.461 e. The SMILES string of the molecule is CCOC(=O)c1cc(-c2ccc(N3CCN(C(=O)c4ccc(F)c(F)c4F)CC3)cc2)n(-c2ccccc2C)n1. The van der Waals surface area contributed by atoms with E-state index in [1.165, 1.54) is 4.90 Å². The number of esters is 1. The van der Waals surface area contributed by atoms with Crippen LogP contribution in [0.15, 0.2) is 66.7 Å². The average Bonchev–Trinajstić information content (AvgIpc) is 3.42. The number of halogens is 3. The van der Waals surface area contributed by atoms with E-state index in [4.69, 9.17) is 4.74 Å². The molecule has 0 bridgehead atoms. The lowest BCUT2D eigenvalue weighted by molar-refractivity contribution is 0.0518. The fourth-order valence-corrected chi connectivity index (χ4v) is 4.75. The maximum Gasteiger partial charge on any atom is 0.358 e. The summed E-state index contributed by atoms with van der Waals surface area (Å²) in [5.74, 6) is -5.63. The number of carbonyl (C=O) groups excluding carboxylic acids is 2. The second-order valence-electron chi connectivity index (χ2n) is 9.38. The van der Waals surface area contributed by atoms with Crippen LogP contribution in [0.3, 0.4) is 0 Å². The first-order chi connectivity index (χ1) is 19.3. The molecule has 0 saturated carbocycles. The van der Waals surface area contributed by atoms with E-state index in [1.54, 1.807) is 17.7 Å². The highest BCUT2D eigenvalue weighted by atomic mass is 19.2. The smallest absolute Gasteiger partial charge is 0.358 e. The van der Waals surface area contributed by atoms with Gasteiger partial charge in [0.1, 0.15) is 0 Å². The summed E-state index contributed by atoms with van der Waals surface area (Å²) >= 11 is 0. The van der Waals surface area contributed by atoms with Crippen molar-refractivity contribution in [3.8, 4) is 16.9 Å². The van der Waals surface area contributed by atoms with Crippen molar-refractivity contribution in [3.63, 3.8) is 0 Å². The van der Waals surface area contributed by atoms with Gasteiger partial charge in [-0.3, -0.25) is 4.79 Å². The first kappa shape index (κ1) is 27.0. The summed E-state index contributed by atoms with van der Waals surface area (Å²) in [7, 11) is 0. The molecule has 0 atom stereocenters. The highest BCUT2D eigenvalue weighted by Gasteiger charge is 2.27. The van der Waals surface area contributed by atoms with E-state index < -0.39 is 34.9 Å². The molecule has 1 aliphatic heterocycles. The Labute approximate surface area is 229 Å². The van der Waals surface area contributed by atoms with Crippen molar-refractivity contribution in [3.05, 3.63) is 101 Å². The van der Waals surface area contributed by atoms with Gasteiger partial charge in [-0.15, -0.1) is 0 Å². The molecule has 1 saturated heterocycles. The van der Waals surface area contributed by atoms with Gasteiger partial charge in [0.25, 0.3) is 5.91 Å². The van der Waals surface area contributed by atoms with E-state index in [0.29, 0.717) is 26.2 Å². The number of para-hydroxylation sites is 1. The van der Waals surface area contributed by atoms with Gasteiger partial charge in [0.2, 0.25) is 0 Å². The zero-order valence-electron chi connectivity index (χ0n) is 22.0. The van der Waals surface area contributed by atoms with E-state index in [1.807, 2.05) is 55.5 Å². The standard InChI is InChI=1S/C30H27F3N4O3/c1-3-40-30(39)24-18-26(37(34-24)25-7-5-4-6-19(25)2)20-8-10-21(11-9-20)35-14-16-36(17-15-35)29(38)22-12-13-23(31)28(33)27(22)32/h4-13,18H,3,14-17H2,1-2H3. The fourth-order valence-electron chi connectivity index (χ4n) is 4.75. The molecule has 0 aliphatic carbocycles. The van der Waals surface area contributed by atoms with Gasteiger partial charge in [0, 0.05) is 37.4 Å². The highest BCUT2D eigenvalue weighted by Crippen LogP contribution is 2.29. The lowest BCUT2D eigenvalue weighted by atomic mass is 10.1. The minimum absolute atomic E-state index is 0.211. The molecular formula is C30H27F3N4O3. The van der Waals surface area contributed by atoms with Crippen LogP contribution in [0.1, 0.15) is 33.3 Å². The van der Waals surface area contributed by atoms with Crippen molar-refractivity contribution in [2.45, 2.75) is 13.8 Å². The molecule has 1 amide bonds. The summed E-state index contributed by atoms with van der Waals surface area (Å²) in [6.45, 7) is 5.50. The molecule has 7 nitrogen and oxygen atoms in total. The Balaban J connectivity index is 1.34. The number of benzene rings is 3. The molecular weight excluding hydrogens is 521 g/mol. The van der Waals surface area contributed by atoms with Crippen molar-refractivity contribution in [2.75, 3.05) is 37.7 Å². The Bertz CT molecular complexity index is 1560. The third kappa shape index (κ3) is 5.16. The van der Waals surface area contributed by atoms with Gasteiger partial charge >= 0.3 is 5.97 Å². The predicted octanol–water partition coefficient (Wildman–Crippen LogP) is 5.40. The number of rotatable bonds is 6. The van der Waals surface area contributed by atoms with Gasteiger partial charge in [0.05, 0.1) is 23.6 Å². The number of ether oxygens (including phenoxy) is 1. The molecule has 10 heteroatoms. The van der Waals surface area contributed by atoms with Gasteiger partial charge in [-0.25, -0.2) is 22.6 Å². The molecule has 5 rings (SSSR count). The van der Waals surface area contributed by atoms with E-state index in [2.05, 4.69) is 10.00 Å². The van der Waals surface area contributed by atoms with E-state index in [0.717, 1.165) is 40.3 Å². The molecule has 0 spiro atoms. The summed E-state index contributed by atoms with van der Waals surface area (Å²) in [4.78, 5) is 28.7. The summed E-state index contributed by atoms with van der Waals surface area (Å²) in [5.41, 5.74) is 4.06. The number of hydrogen-bond acceptors (Lipinski definition) is 5. The zero-order valence-corrected chi connectivity index (χ0v) is 22.0. The van der Waals surface area contributed by atoms with Crippen LogP contribution in [0.4, 0.5) is 18.9 Å². The van der Waals surface area contributed by atoms with Crippen molar-refractivity contribution in [2.24, 2.45) is 0 Å². The van der Waals surface area contributed by atoms with Crippen LogP contribution in [0.25, 0.3) is 16.9 Å². The average molecular weight is 549 g/mol. The molecule has 206 valence electrons. The van der Waals surface area contributed by atoms with Gasteiger partial charge in [-0.2, -0.15) is 5.10 Å². The minimum atomic E-state index is -1.65. The van der Waals surface area contributed by atoms with Crippen molar-refractivity contribution >= 4 is 17.6 Å². The Kier molecular flexibility index (Phi) is 7.59. The Hall–Kier alpha value is -4.60. The van der Waals surface area contributed by atoms with Crippen molar-refractivity contribution in [1.29, 1.82) is 0 Å². The van der Waals surface area contributed by atoms with Gasteiger partial charge in [-0.1, -0.05) is 30.3 Å². The van der Waals surface area contributed by atoms with E-state index >= 15 is 0 Å². The molecule has 0 radical (unpaired) electrons. The number of anilines is 1. The second kappa shape index (κ2) is 11.3. The van der Waals surface area contributed by atoms with Crippen LogP contribution in [0.2, 0.25) is 0 Å². The summed E-state index contributed by atoms with van der Waals surface area (Å²) < 4.78 is 47.9.